The van der Waals surface area contributed by atoms with Gasteiger partial charge in [0.15, 0.2) is 5.78 Å². The first-order valence-electron chi connectivity index (χ1n) is 16.2. The minimum absolute atomic E-state index is 0.00281. The lowest BCUT2D eigenvalue weighted by Crippen LogP contribution is -2.56. The Hall–Kier alpha value is -3.01. The molecule has 1 saturated carbocycles. The van der Waals surface area contributed by atoms with E-state index in [1.54, 1.807) is 31.4 Å². The summed E-state index contributed by atoms with van der Waals surface area (Å²) in [6.45, 7) is 17.2. The zero-order chi connectivity index (χ0) is 32.9. The fraction of sp³-hybridized carbons (Fsp3) is 0.583. The van der Waals surface area contributed by atoms with Crippen molar-refractivity contribution in [2.45, 2.75) is 109 Å². The van der Waals surface area contributed by atoms with Crippen LogP contribution in [0, 0.1) is 11.3 Å². The summed E-state index contributed by atoms with van der Waals surface area (Å²) in [7, 11) is -0.621. The predicted octanol–water partition coefficient (Wildman–Crippen LogP) is 7.60. The number of rotatable bonds is 11. The highest BCUT2D eigenvalue weighted by Gasteiger charge is 2.74. The molecule has 244 valence electrons. The Morgan fingerprint density at radius 3 is 2.33 bits per heavy atom. The second-order valence-corrected chi connectivity index (χ2v) is 19.7. The van der Waals surface area contributed by atoms with Crippen LogP contribution in [0.5, 0.6) is 5.75 Å². The van der Waals surface area contributed by atoms with Gasteiger partial charge in [-0.05, 0) is 59.3 Å². The van der Waals surface area contributed by atoms with Crippen LogP contribution >= 0.6 is 0 Å². The van der Waals surface area contributed by atoms with Crippen molar-refractivity contribution in [1.29, 1.82) is 0 Å². The lowest BCUT2D eigenvalue weighted by Gasteiger charge is -2.49. The molecular weight excluding hydrogens is 588 g/mol. The first-order valence-corrected chi connectivity index (χ1v) is 18.3. The Balaban J connectivity index is 1.59. The summed E-state index contributed by atoms with van der Waals surface area (Å²) < 4.78 is 30.5. The first kappa shape index (κ1) is 33.4. The molecule has 2 aromatic carbocycles. The van der Waals surface area contributed by atoms with Crippen LogP contribution in [0.15, 0.2) is 42.5 Å². The number of benzene rings is 2. The number of ether oxygens (including phenoxy) is 4. The van der Waals surface area contributed by atoms with Gasteiger partial charge in [0.1, 0.15) is 24.1 Å². The Morgan fingerprint density at radius 2 is 1.71 bits per heavy atom. The molecule has 0 radical (unpaired) electrons. The van der Waals surface area contributed by atoms with Crippen LogP contribution in [-0.2, 0) is 30.0 Å². The van der Waals surface area contributed by atoms with Gasteiger partial charge in [-0.15, -0.1) is 0 Å². The number of methoxy groups -OCH3 is 1. The maximum absolute atomic E-state index is 14.4. The molecule has 45 heavy (non-hydrogen) atoms. The smallest absolute Gasteiger partial charge is 0.338 e. The molecule has 3 aliphatic rings. The zero-order valence-electron chi connectivity index (χ0n) is 28.1. The maximum atomic E-state index is 14.4. The molecule has 0 spiro atoms. The third-order valence-corrected chi connectivity index (χ3v) is 16.8. The van der Waals surface area contributed by atoms with Crippen LogP contribution in [0.25, 0.3) is 0 Å². The SMILES string of the molecule is COc1cccc(C(=O)O[C@@H]2c3cc(CO[Si](C(C)C)(C(C)C)C(C)C)ccc3C(=O)[C@]3(C)CC[C@H]4O[C@@]4(COC(C)=O)[C@H]23)c1. The number of esters is 2. The second-order valence-electron chi connectivity index (χ2n) is 14.2. The van der Waals surface area contributed by atoms with Gasteiger partial charge in [0.25, 0.3) is 0 Å². The quantitative estimate of drug-likeness (QED) is 0.141. The topological polar surface area (TPSA) is 101 Å². The van der Waals surface area contributed by atoms with Crippen molar-refractivity contribution in [3.63, 3.8) is 0 Å². The molecule has 0 bridgehead atoms. The molecule has 5 atom stereocenters. The van der Waals surface area contributed by atoms with Crippen molar-refractivity contribution in [3.8, 4) is 5.75 Å². The van der Waals surface area contributed by atoms with Crippen molar-refractivity contribution in [2.75, 3.05) is 13.7 Å². The van der Waals surface area contributed by atoms with E-state index in [9.17, 15) is 14.4 Å². The molecule has 9 heteroatoms. The third-order valence-electron chi connectivity index (χ3n) is 10.7. The minimum atomic E-state index is -2.17. The van der Waals surface area contributed by atoms with Gasteiger partial charge in [0.05, 0.1) is 25.4 Å². The number of hydrogen-bond donors (Lipinski definition) is 0. The number of fused-ring (bicyclic) bond motifs is 4. The number of ketones is 1. The summed E-state index contributed by atoms with van der Waals surface area (Å²) in [6.07, 6.45) is 0.226. The van der Waals surface area contributed by atoms with Crippen LogP contribution in [0.3, 0.4) is 0 Å². The zero-order valence-corrected chi connectivity index (χ0v) is 29.1. The number of epoxide rings is 1. The number of Topliss-reactive ketones (excluding diaryl/α,β-unsaturated/α-hetero) is 1. The summed E-state index contributed by atoms with van der Waals surface area (Å²) >= 11 is 0. The average Bonchev–Trinajstić information content (AvgIpc) is 3.72. The average molecular weight is 637 g/mol. The van der Waals surface area contributed by atoms with E-state index < -0.39 is 43.3 Å². The van der Waals surface area contributed by atoms with Crippen molar-refractivity contribution >= 4 is 26.0 Å². The summed E-state index contributed by atoms with van der Waals surface area (Å²) in [5.74, 6) is -0.972. The van der Waals surface area contributed by atoms with Gasteiger partial charge in [-0.2, -0.15) is 0 Å². The molecule has 1 saturated heterocycles. The molecule has 0 N–H and O–H groups in total. The monoisotopic (exact) mass is 636 g/mol. The Morgan fingerprint density at radius 1 is 1.02 bits per heavy atom. The van der Waals surface area contributed by atoms with Gasteiger partial charge in [-0.1, -0.05) is 66.7 Å². The molecule has 2 aromatic rings. The molecule has 2 fully saturated rings. The van der Waals surface area contributed by atoms with Crippen molar-refractivity contribution in [3.05, 3.63) is 64.7 Å². The van der Waals surface area contributed by atoms with E-state index in [2.05, 4.69) is 41.5 Å². The van der Waals surface area contributed by atoms with E-state index >= 15 is 0 Å². The van der Waals surface area contributed by atoms with E-state index in [0.29, 0.717) is 58.5 Å². The van der Waals surface area contributed by atoms with Crippen molar-refractivity contribution in [1.82, 2.24) is 0 Å². The van der Waals surface area contributed by atoms with Gasteiger partial charge < -0.3 is 23.4 Å². The number of hydrogen-bond acceptors (Lipinski definition) is 8. The van der Waals surface area contributed by atoms with Gasteiger partial charge >= 0.3 is 11.9 Å². The molecule has 8 nitrogen and oxygen atoms in total. The fourth-order valence-corrected chi connectivity index (χ4v) is 14.0. The minimum Gasteiger partial charge on any atom is -0.497 e. The van der Waals surface area contributed by atoms with E-state index in [1.165, 1.54) is 6.92 Å². The summed E-state index contributed by atoms with van der Waals surface area (Å²) in [5.41, 5.74) is 1.90. The van der Waals surface area contributed by atoms with Gasteiger partial charge in [-0.3, -0.25) is 9.59 Å². The second kappa shape index (κ2) is 12.3. The molecule has 5 rings (SSSR count). The highest BCUT2D eigenvalue weighted by molar-refractivity contribution is 6.77. The van der Waals surface area contributed by atoms with Crippen molar-refractivity contribution < 1.29 is 37.8 Å². The Bertz CT molecular complexity index is 1440. The molecule has 0 amide bonds. The molecule has 2 aliphatic carbocycles. The summed E-state index contributed by atoms with van der Waals surface area (Å²) in [6, 6.07) is 12.6. The molecular formula is C36H48O8Si. The third kappa shape index (κ3) is 5.65. The van der Waals surface area contributed by atoms with E-state index in [-0.39, 0.29) is 18.5 Å². The molecule has 1 aliphatic heterocycles. The largest absolute Gasteiger partial charge is 0.497 e. The standard InChI is InChI=1S/C36H48O8Si/c1-21(2)45(22(3)4,23(5)6)42-19-25-13-14-28-29(17-25)31(43-34(39)26-11-10-12-27(18-26)40-9)32-35(8,33(28)38)16-15-30-36(32,44-30)20-41-24(7)37/h10-14,17-18,21-23,30-32H,15-16,19-20H2,1-9H3/t30-,31-,32-,35-,36-/m1/s1. The van der Waals surface area contributed by atoms with Crippen LogP contribution in [-0.4, -0.2) is 51.5 Å². The normalized spacial score (nSPS) is 27.1. The maximum Gasteiger partial charge on any atom is 0.338 e. The Labute approximate surface area is 268 Å². The Kier molecular flexibility index (Phi) is 9.12. The molecule has 0 unspecified atom stereocenters. The lowest BCUT2D eigenvalue weighted by molar-refractivity contribution is -0.146. The fourth-order valence-electron chi connectivity index (χ4n) is 8.61. The number of carbonyl (C=O) groups is 3. The van der Waals surface area contributed by atoms with E-state index in [1.807, 2.05) is 25.1 Å². The predicted molar refractivity (Wildman–Crippen MR) is 173 cm³/mol. The van der Waals surface area contributed by atoms with Crippen LogP contribution in [0.1, 0.15) is 106 Å². The molecule has 1 heterocycles. The van der Waals surface area contributed by atoms with Crippen molar-refractivity contribution in [2.24, 2.45) is 11.3 Å². The van der Waals surface area contributed by atoms with Gasteiger partial charge in [0.2, 0.25) is 8.32 Å². The summed E-state index contributed by atoms with van der Waals surface area (Å²) in [5, 5.41) is 0. The van der Waals surface area contributed by atoms with Gasteiger partial charge in [-0.25, -0.2) is 4.79 Å². The first-order chi connectivity index (χ1) is 21.2. The summed E-state index contributed by atoms with van der Waals surface area (Å²) in [4.78, 5) is 40.1. The van der Waals surface area contributed by atoms with E-state index in [4.69, 9.17) is 23.4 Å². The lowest BCUT2D eigenvalue weighted by atomic mass is 9.53. The van der Waals surface area contributed by atoms with Crippen LogP contribution in [0.2, 0.25) is 16.6 Å². The number of carbonyl (C=O) groups excluding carboxylic acids is 3. The van der Waals surface area contributed by atoms with Crippen LogP contribution in [0.4, 0.5) is 0 Å². The van der Waals surface area contributed by atoms with Crippen LogP contribution < -0.4 is 4.74 Å². The molecule has 0 aromatic heterocycles. The van der Waals surface area contributed by atoms with E-state index in [0.717, 1.165) is 5.56 Å². The van der Waals surface area contributed by atoms with Gasteiger partial charge in [0, 0.05) is 29.4 Å². The highest BCUT2D eigenvalue weighted by atomic mass is 28.4. The highest BCUT2D eigenvalue weighted by Crippen LogP contribution is 2.65.